The van der Waals surface area contributed by atoms with Gasteiger partial charge in [0.2, 0.25) is 0 Å². The van der Waals surface area contributed by atoms with Crippen molar-refractivity contribution in [3.8, 4) is 0 Å². The number of aromatic amines is 1. The molecule has 0 amide bonds. The van der Waals surface area contributed by atoms with Crippen molar-refractivity contribution >= 4 is 17.1 Å². The van der Waals surface area contributed by atoms with Crippen LogP contribution in [-0.4, -0.2) is 15.1 Å². The number of hydrogen-bond donors (Lipinski definition) is 1. The highest BCUT2D eigenvalue weighted by molar-refractivity contribution is 7.80. The van der Waals surface area contributed by atoms with Gasteiger partial charge in [-0.25, -0.2) is 0 Å². The Morgan fingerprint density at radius 1 is 1.88 bits per heavy atom. The lowest BCUT2D eigenvalue weighted by molar-refractivity contribution is 1.08. The van der Waals surface area contributed by atoms with E-state index in [0.29, 0.717) is 0 Å². The van der Waals surface area contributed by atoms with Gasteiger partial charge in [-0.1, -0.05) is 12.2 Å². The van der Waals surface area contributed by atoms with Gasteiger partial charge in [0.05, 0.1) is 5.69 Å². The van der Waals surface area contributed by atoms with Crippen molar-refractivity contribution in [3.05, 3.63) is 18.0 Å². The fourth-order valence-corrected chi connectivity index (χ4v) is 0.566. The van der Waals surface area contributed by atoms with E-state index in [2.05, 4.69) is 10.2 Å². The quantitative estimate of drug-likeness (QED) is 0.451. The second-order valence-electron chi connectivity index (χ2n) is 1.53. The second kappa shape index (κ2) is 2.05. The number of hydrogen-bond acceptors (Lipinski definition) is 2. The van der Waals surface area contributed by atoms with Crippen molar-refractivity contribution < 1.29 is 0 Å². The predicted molar refractivity (Wildman–Crippen MR) is 36.0 cm³/mol. The van der Waals surface area contributed by atoms with Gasteiger partial charge in [-0.2, -0.15) is 5.10 Å². The molecule has 1 N–H and O–H groups in total. The Kier molecular flexibility index (Phi) is 1.39. The molecule has 0 aliphatic heterocycles. The Labute approximate surface area is 52.9 Å². The minimum absolute atomic E-state index is 0.850. The number of aromatic nitrogens is 2. The lowest BCUT2D eigenvalue weighted by Crippen LogP contribution is -1.88. The molecule has 0 fully saturated rings. The third-order valence-electron chi connectivity index (χ3n) is 0.880. The molecule has 8 heavy (non-hydrogen) atoms. The first-order valence-electron chi connectivity index (χ1n) is 2.31. The summed E-state index contributed by atoms with van der Waals surface area (Å²) in [6, 6.07) is 1.85. The van der Waals surface area contributed by atoms with Gasteiger partial charge in [-0.15, -0.1) is 0 Å². The maximum absolute atomic E-state index is 4.84. The molecule has 0 radical (unpaired) electrons. The Hall–Kier alpha value is -0.700. The van der Waals surface area contributed by atoms with Crippen LogP contribution in [0.4, 0.5) is 0 Å². The first-order chi connectivity index (χ1) is 3.80. The largest absolute Gasteiger partial charge is 0.277 e. The summed E-state index contributed by atoms with van der Waals surface area (Å²) in [6.45, 7) is 1.86. The summed E-state index contributed by atoms with van der Waals surface area (Å²) in [4.78, 5) is 0.850. The number of thiocarbonyl (C=S) groups is 1. The highest BCUT2D eigenvalue weighted by Crippen LogP contribution is 1.92. The van der Waals surface area contributed by atoms with Crippen molar-refractivity contribution in [2.45, 2.75) is 6.92 Å². The number of H-pyrrole nitrogens is 1. The predicted octanol–water partition coefficient (Wildman–Crippen LogP) is 1.15. The van der Waals surface area contributed by atoms with Crippen LogP contribution < -0.4 is 0 Å². The van der Waals surface area contributed by atoms with Gasteiger partial charge in [0.25, 0.3) is 0 Å². The normalized spacial score (nSPS) is 9.12. The molecule has 1 heterocycles. The molecular formula is C5H6N2S. The van der Waals surface area contributed by atoms with Crippen molar-refractivity contribution in [3.63, 3.8) is 0 Å². The SMILES string of the molecule is CC(=S)c1ccn[nH]1. The van der Waals surface area contributed by atoms with Gasteiger partial charge in [-0.3, -0.25) is 5.10 Å². The number of nitrogens with one attached hydrogen (secondary N) is 1. The van der Waals surface area contributed by atoms with Crippen LogP contribution in [0, 0.1) is 0 Å². The van der Waals surface area contributed by atoms with E-state index in [0.717, 1.165) is 10.6 Å². The molecule has 3 heteroatoms. The van der Waals surface area contributed by atoms with Crippen LogP contribution in [0.15, 0.2) is 12.3 Å². The molecule has 1 aromatic heterocycles. The zero-order valence-electron chi connectivity index (χ0n) is 4.51. The summed E-state index contributed by atoms with van der Waals surface area (Å²) >= 11 is 4.84. The molecule has 0 aliphatic carbocycles. The second-order valence-corrected chi connectivity index (χ2v) is 2.14. The van der Waals surface area contributed by atoms with E-state index in [-0.39, 0.29) is 0 Å². The van der Waals surface area contributed by atoms with Crippen LogP contribution in [-0.2, 0) is 0 Å². The van der Waals surface area contributed by atoms with Gasteiger partial charge in [0.1, 0.15) is 0 Å². The third kappa shape index (κ3) is 0.924. The Morgan fingerprint density at radius 3 is 2.88 bits per heavy atom. The molecular weight excluding hydrogens is 120 g/mol. The van der Waals surface area contributed by atoms with Gasteiger partial charge in [-0.05, 0) is 13.0 Å². The molecule has 0 unspecified atom stereocenters. The summed E-state index contributed by atoms with van der Waals surface area (Å²) in [5.41, 5.74) is 0.931. The Morgan fingerprint density at radius 2 is 2.62 bits per heavy atom. The van der Waals surface area contributed by atoms with Crippen LogP contribution in [0.3, 0.4) is 0 Å². The lowest BCUT2D eigenvalue weighted by Gasteiger charge is -1.84. The van der Waals surface area contributed by atoms with Crippen molar-refractivity contribution in [1.82, 2.24) is 10.2 Å². The molecule has 0 bridgehead atoms. The van der Waals surface area contributed by atoms with Crippen LogP contribution in [0.2, 0.25) is 0 Å². The van der Waals surface area contributed by atoms with Crippen LogP contribution in [0.5, 0.6) is 0 Å². The van der Waals surface area contributed by atoms with Crippen molar-refractivity contribution in [2.24, 2.45) is 0 Å². The fraction of sp³-hybridized carbons (Fsp3) is 0.200. The molecule has 1 rings (SSSR count). The van der Waals surface area contributed by atoms with Crippen LogP contribution in [0.25, 0.3) is 0 Å². The summed E-state index contributed by atoms with van der Waals surface area (Å²) in [5, 5.41) is 6.48. The first kappa shape index (κ1) is 5.44. The molecule has 42 valence electrons. The highest BCUT2D eigenvalue weighted by Gasteiger charge is 1.91. The summed E-state index contributed by atoms with van der Waals surface area (Å²) in [6.07, 6.45) is 1.69. The van der Waals surface area contributed by atoms with E-state index in [9.17, 15) is 0 Å². The molecule has 0 spiro atoms. The minimum atomic E-state index is 0.850. The molecule has 2 nitrogen and oxygen atoms in total. The summed E-state index contributed by atoms with van der Waals surface area (Å²) in [7, 11) is 0. The smallest absolute Gasteiger partial charge is 0.0714 e. The topological polar surface area (TPSA) is 28.7 Å². The fourth-order valence-electron chi connectivity index (χ4n) is 0.452. The molecule has 0 saturated heterocycles. The zero-order valence-corrected chi connectivity index (χ0v) is 5.33. The standard InChI is InChI=1S/C5H6N2S/c1-4(8)5-2-3-6-7-5/h2-3H,1H3,(H,6,7). The highest BCUT2D eigenvalue weighted by atomic mass is 32.1. The monoisotopic (exact) mass is 126 g/mol. The van der Waals surface area contributed by atoms with E-state index in [4.69, 9.17) is 12.2 Å². The first-order valence-corrected chi connectivity index (χ1v) is 2.72. The summed E-state index contributed by atoms with van der Waals surface area (Å²) in [5.74, 6) is 0. The van der Waals surface area contributed by atoms with Gasteiger partial charge < -0.3 is 0 Å². The lowest BCUT2D eigenvalue weighted by atomic mass is 10.3. The Balaban J connectivity index is 2.93. The van der Waals surface area contributed by atoms with E-state index >= 15 is 0 Å². The van der Waals surface area contributed by atoms with Crippen molar-refractivity contribution in [1.29, 1.82) is 0 Å². The van der Waals surface area contributed by atoms with Crippen molar-refractivity contribution in [2.75, 3.05) is 0 Å². The maximum Gasteiger partial charge on any atom is 0.0714 e. The van der Waals surface area contributed by atoms with Gasteiger partial charge in [0, 0.05) is 11.1 Å². The number of rotatable bonds is 1. The molecule has 0 aliphatic rings. The van der Waals surface area contributed by atoms with Crippen LogP contribution >= 0.6 is 12.2 Å². The molecule has 0 aromatic carbocycles. The maximum atomic E-state index is 4.84. The zero-order chi connectivity index (χ0) is 5.98. The van der Waals surface area contributed by atoms with Gasteiger partial charge in [0.15, 0.2) is 0 Å². The average Bonchev–Trinajstić information content (AvgIpc) is 2.12. The summed E-state index contributed by atoms with van der Waals surface area (Å²) < 4.78 is 0. The van der Waals surface area contributed by atoms with E-state index < -0.39 is 0 Å². The van der Waals surface area contributed by atoms with Crippen LogP contribution in [0.1, 0.15) is 12.6 Å². The van der Waals surface area contributed by atoms with E-state index in [1.54, 1.807) is 6.20 Å². The molecule has 1 aromatic rings. The molecule has 0 atom stereocenters. The minimum Gasteiger partial charge on any atom is -0.277 e. The number of nitrogens with zero attached hydrogens (tertiary/aromatic N) is 1. The third-order valence-corrected chi connectivity index (χ3v) is 1.10. The Bertz CT molecular complexity index is 178. The van der Waals surface area contributed by atoms with E-state index in [1.165, 1.54) is 0 Å². The molecule has 0 saturated carbocycles. The average molecular weight is 126 g/mol. The van der Waals surface area contributed by atoms with E-state index in [1.807, 2.05) is 13.0 Å². The van der Waals surface area contributed by atoms with Gasteiger partial charge >= 0.3 is 0 Å².